The van der Waals surface area contributed by atoms with E-state index in [0.29, 0.717) is 26.8 Å². The van der Waals surface area contributed by atoms with E-state index < -0.39 is 5.97 Å². The van der Waals surface area contributed by atoms with E-state index in [-0.39, 0.29) is 12.4 Å². The van der Waals surface area contributed by atoms with Crippen LogP contribution in [0.5, 0.6) is 5.75 Å². The van der Waals surface area contributed by atoms with Gasteiger partial charge in [-0.15, -0.1) is 10.2 Å². The number of benzene rings is 1. The third kappa shape index (κ3) is 4.26. The first kappa shape index (κ1) is 15.9. The van der Waals surface area contributed by atoms with Crippen LogP contribution in [0.3, 0.4) is 0 Å². The molecule has 0 amide bonds. The first-order valence-electron chi connectivity index (χ1n) is 5.78. The summed E-state index contributed by atoms with van der Waals surface area (Å²) in [6.45, 7) is 0.150. The molecule has 0 radical (unpaired) electrons. The number of aliphatic carboxylic acids is 1. The molecule has 21 heavy (non-hydrogen) atoms. The number of hydrogen-bond donors (Lipinski definition) is 1. The number of thioether (sulfide) groups is 1. The summed E-state index contributed by atoms with van der Waals surface area (Å²) in [7, 11) is 1.74. The van der Waals surface area contributed by atoms with E-state index in [1.165, 1.54) is 0 Å². The number of hydrogen-bond acceptors (Lipinski definition) is 5. The molecule has 0 saturated carbocycles. The zero-order chi connectivity index (χ0) is 15.4. The maximum Gasteiger partial charge on any atom is 0.313 e. The molecule has 2 rings (SSSR count). The predicted molar refractivity (Wildman–Crippen MR) is 80.2 cm³/mol. The molecule has 0 aliphatic carbocycles. The van der Waals surface area contributed by atoms with Gasteiger partial charge in [-0.25, -0.2) is 0 Å². The van der Waals surface area contributed by atoms with E-state index in [9.17, 15) is 4.79 Å². The minimum atomic E-state index is -0.911. The molecule has 1 N–H and O–H groups in total. The Morgan fingerprint density at radius 2 is 2.19 bits per heavy atom. The lowest BCUT2D eigenvalue weighted by atomic mass is 10.3. The lowest BCUT2D eigenvalue weighted by Gasteiger charge is -2.08. The zero-order valence-electron chi connectivity index (χ0n) is 10.9. The van der Waals surface area contributed by atoms with Gasteiger partial charge in [0.1, 0.15) is 12.4 Å². The summed E-state index contributed by atoms with van der Waals surface area (Å²) in [5, 5.41) is 18.0. The van der Waals surface area contributed by atoms with Crippen LogP contribution in [-0.2, 0) is 18.4 Å². The van der Waals surface area contributed by atoms with Crippen molar-refractivity contribution >= 4 is 40.9 Å². The Morgan fingerprint density at radius 1 is 1.43 bits per heavy atom. The molecule has 0 aliphatic heterocycles. The Morgan fingerprint density at radius 3 is 2.90 bits per heavy atom. The van der Waals surface area contributed by atoms with Crippen molar-refractivity contribution in [2.45, 2.75) is 11.8 Å². The molecule has 1 heterocycles. The first-order valence-corrected chi connectivity index (χ1v) is 7.52. The second kappa shape index (κ2) is 7.02. The third-order valence-electron chi connectivity index (χ3n) is 2.50. The van der Waals surface area contributed by atoms with Crippen LogP contribution in [0.4, 0.5) is 0 Å². The molecule has 0 unspecified atom stereocenters. The topological polar surface area (TPSA) is 77.2 Å². The standard InChI is InChI=1S/C12H11Cl2N3O3S/c1-17-10(15-16-12(17)21-6-11(18)19)5-20-9-4-7(13)2-3-8(9)14/h2-4H,5-6H2,1H3,(H,18,19). The van der Waals surface area contributed by atoms with Crippen LogP contribution in [0.25, 0.3) is 0 Å². The van der Waals surface area contributed by atoms with Gasteiger partial charge in [0.05, 0.1) is 10.8 Å². The van der Waals surface area contributed by atoms with Gasteiger partial charge in [0.2, 0.25) is 0 Å². The zero-order valence-corrected chi connectivity index (χ0v) is 13.2. The van der Waals surface area contributed by atoms with Gasteiger partial charge in [0.15, 0.2) is 11.0 Å². The quantitative estimate of drug-likeness (QED) is 0.809. The van der Waals surface area contributed by atoms with Crippen molar-refractivity contribution < 1.29 is 14.6 Å². The summed E-state index contributed by atoms with van der Waals surface area (Å²) >= 11 is 13.0. The maximum atomic E-state index is 10.5. The van der Waals surface area contributed by atoms with Gasteiger partial charge in [-0.1, -0.05) is 35.0 Å². The average Bonchev–Trinajstić information content (AvgIpc) is 2.78. The summed E-state index contributed by atoms with van der Waals surface area (Å²) in [6.07, 6.45) is 0. The van der Waals surface area contributed by atoms with E-state index >= 15 is 0 Å². The van der Waals surface area contributed by atoms with Crippen molar-refractivity contribution in [3.63, 3.8) is 0 Å². The fourth-order valence-electron chi connectivity index (χ4n) is 1.45. The average molecular weight is 348 g/mol. The van der Waals surface area contributed by atoms with Gasteiger partial charge in [-0.05, 0) is 12.1 Å². The summed E-state index contributed by atoms with van der Waals surface area (Å²) in [5.41, 5.74) is 0. The van der Waals surface area contributed by atoms with Crippen LogP contribution in [0.15, 0.2) is 23.4 Å². The van der Waals surface area contributed by atoms with E-state index in [4.69, 9.17) is 33.0 Å². The minimum Gasteiger partial charge on any atom is -0.484 e. The number of halogens is 2. The van der Waals surface area contributed by atoms with Gasteiger partial charge >= 0.3 is 5.97 Å². The number of aromatic nitrogens is 3. The monoisotopic (exact) mass is 347 g/mol. The fraction of sp³-hybridized carbons (Fsp3) is 0.250. The third-order valence-corrected chi connectivity index (χ3v) is 4.05. The Balaban J connectivity index is 2.03. The highest BCUT2D eigenvalue weighted by molar-refractivity contribution is 7.99. The summed E-state index contributed by atoms with van der Waals surface area (Å²) < 4.78 is 7.23. The van der Waals surface area contributed by atoms with Crippen molar-refractivity contribution in [2.24, 2.45) is 7.05 Å². The largest absolute Gasteiger partial charge is 0.484 e. The normalized spacial score (nSPS) is 10.6. The molecular formula is C12H11Cl2N3O3S. The van der Waals surface area contributed by atoms with Gasteiger partial charge in [-0.2, -0.15) is 0 Å². The number of rotatable bonds is 6. The van der Waals surface area contributed by atoms with Crippen LogP contribution < -0.4 is 4.74 Å². The SMILES string of the molecule is Cn1c(COc2cc(Cl)ccc2Cl)nnc1SCC(=O)O. The van der Waals surface area contributed by atoms with E-state index in [0.717, 1.165) is 11.8 Å². The fourth-order valence-corrected chi connectivity index (χ4v) is 2.44. The number of carboxylic acid groups (broad SMARTS) is 1. The number of carbonyl (C=O) groups is 1. The molecular weight excluding hydrogens is 337 g/mol. The van der Waals surface area contributed by atoms with Crippen molar-refractivity contribution in [2.75, 3.05) is 5.75 Å². The second-order valence-corrected chi connectivity index (χ2v) is 5.79. The van der Waals surface area contributed by atoms with Gasteiger partial charge in [-0.3, -0.25) is 4.79 Å². The lowest BCUT2D eigenvalue weighted by molar-refractivity contribution is -0.133. The van der Waals surface area contributed by atoms with Gasteiger partial charge in [0, 0.05) is 18.1 Å². The van der Waals surface area contributed by atoms with E-state index in [1.807, 2.05) is 0 Å². The molecule has 112 valence electrons. The summed E-state index contributed by atoms with van der Waals surface area (Å²) in [6, 6.07) is 4.92. The van der Waals surface area contributed by atoms with Crippen molar-refractivity contribution in [1.82, 2.24) is 14.8 Å². The van der Waals surface area contributed by atoms with Crippen LogP contribution >= 0.6 is 35.0 Å². The summed E-state index contributed by atoms with van der Waals surface area (Å²) in [4.78, 5) is 10.5. The Bertz CT molecular complexity index is 663. The second-order valence-electron chi connectivity index (χ2n) is 4.00. The number of ether oxygens (including phenoxy) is 1. The van der Waals surface area contributed by atoms with Crippen molar-refractivity contribution in [1.29, 1.82) is 0 Å². The maximum absolute atomic E-state index is 10.5. The summed E-state index contributed by atoms with van der Waals surface area (Å²) in [5.74, 6) is 0.0183. The van der Waals surface area contributed by atoms with Crippen molar-refractivity contribution in [3.8, 4) is 5.75 Å². The number of carboxylic acids is 1. The van der Waals surface area contributed by atoms with Gasteiger partial charge in [0.25, 0.3) is 0 Å². The molecule has 2 aromatic rings. The van der Waals surface area contributed by atoms with Crippen LogP contribution in [0.2, 0.25) is 10.0 Å². The van der Waals surface area contributed by atoms with E-state index in [2.05, 4.69) is 10.2 Å². The molecule has 0 atom stereocenters. The predicted octanol–water partition coefficient (Wildman–Crippen LogP) is 2.88. The Kier molecular flexibility index (Phi) is 5.33. The highest BCUT2D eigenvalue weighted by atomic mass is 35.5. The highest BCUT2D eigenvalue weighted by Crippen LogP contribution is 2.28. The van der Waals surface area contributed by atoms with Crippen LogP contribution in [0, 0.1) is 0 Å². The molecule has 6 nitrogen and oxygen atoms in total. The molecule has 0 spiro atoms. The first-order chi connectivity index (χ1) is 9.97. The van der Waals surface area contributed by atoms with Crippen molar-refractivity contribution in [3.05, 3.63) is 34.1 Å². The lowest BCUT2D eigenvalue weighted by Crippen LogP contribution is -2.05. The highest BCUT2D eigenvalue weighted by Gasteiger charge is 2.12. The molecule has 9 heteroatoms. The minimum absolute atomic E-state index is 0.0764. The van der Waals surface area contributed by atoms with E-state index in [1.54, 1.807) is 29.8 Å². The Hall–Kier alpha value is -1.44. The molecule has 1 aromatic heterocycles. The molecule has 0 saturated heterocycles. The Labute approximate surface area is 135 Å². The van der Waals surface area contributed by atoms with Gasteiger partial charge < -0.3 is 14.4 Å². The molecule has 0 aliphatic rings. The smallest absolute Gasteiger partial charge is 0.313 e. The molecule has 0 bridgehead atoms. The van der Waals surface area contributed by atoms with Crippen LogP contribution in [0.1, 0.15) is 5.82 Å². The molecule has 0 fully saturated rings. The van der Waals surface area contributed by atoms with Crippen LogP contribution in [-0.4, -0.2) is 31.6 Å². The number of nitrogens with zero attached hydrogens (tertiary/aromatic N) is 3. The molecule has 1 aromatic carbocycles.